The van der Waals surface area contributed by atoms with Crippen LogP contribution < -0.4 is 14.8 Å². The second kappa shape index (κ2) is 15.0. The summed E-state index contributed by atoms with van der Waals surface area (Å²) in [5.41, 5.74) is 0.785. The van der Waals surface area contributed by atoms with Crippen molar-refractivity contribution in [1.82, 2.24) is 9.80 Å². The van der Waals surface area contributed by atoms with E-state index in [2.05, 4.69) is 5.32 Å². The zero-order valence-corrected chi connectivity index (χ0v) is 23.1. The second-order valence-electron chi connectivity index (χ2n) is 8.66. The number of benzene rings is 2. The third-order valence-electron chi connectivity index (χ3n) is 5.96. The van der Waals surface area contributed by atoms with E-state index in [4.69, 9.17) is 14.2 Å². The molecule has 1 aromatic heterocycles. The molecule has 210 valence electrons. The Balaban J connectivity index is 1.75. The number of urea groups is 1. The summed E-state index contributed by atoms with van der Waals surface area (Å²) in [6.07, 6.45) is 1.02. The molecule has 1 heterocycles. The summed E-state index contributed by atoms with van der Waals surface area (Å²) in [6, 6.07) is 11.7. The summed E-state index contributed by atoms with van der Waals surface area (Å²) in [5.74, 6) is -0.712. The molecule has 2 aromatic carbocycles. The Bertz CT molecular complexity index is 1230. The molecule has 0 aliphatic rings. The van der Waals surface area contributed by atoms with Gasteiger partial charge in [0.2, 0.25) is 5.91 Å². The fourth-order valence-corrected chi connectivity index (χ4v) is 4.60. The van der Waals surface area contributed by atoms with Gasteiger partial charge in [0.15, 0.2) is 11.5 Å². The number of amides is 3. The highest BCUT2D eigenvalue weighted by atomic mass is 32.1. The smallest absolute Gasteiger partial charge is 0.322 e. The molecular weight excluding hydrogens is 528 g/mol. The molecule has 3 aromatic rings. The highest BCUT2D eigenvalue weighted by Crippen LogP contribution is 2.28. The lowest BCUT2D eigenvalue weighted by Crippen LogP contribution is -2.45. The average Bonchev–Trinajstić information content (AvgIpc) is 3.45. The molecule has 0 atom stereocenters. The van der Waals surface area contributed by atoms with Crippen molar-refractivity contribution in [3.8, 4) is 11.5 Å². The van der Waals surface area contributed by atoms with E-state index in [9.17, 15) is 18.4 Å². The van der Waals surface area contributed by atoms with E-state index in [1.54, 1.807) is 26.2 Å². The fraction of sp³-hybridized carbons (Fsp3) is 0.357. The van der Waals surface area contributed by atoms with Crippen molar-refractivity contribution in [2.45, 2.75) is 19.4 Å². The Morgan fingerprint density at radius 2 is 1.74 bits per heavy atom. The van der Waals surface area contributed by atoms with E-state index in [1.807, 2.05) is 35.7 Å². The average molecular weight is 562 g/mol. The highest BCUT2D eigenvalue weighted by molar-refractivity contribution is 7.09. The zero-order chi connectivity index (χ0) is 28.2. The molecule has 8 nitrogen and oxygen atoms in total. The minimum absolute atomic E-state index is 0.172. The van der Waals surface area contributed by atoms with Crippen molar-refractivity contribution in [3.05, 3.63) is 76.0 Å². The van der Waals surface area contributed by atoms with Crippen LogP contribution >= 0.6 is 11.3 Å². The number of rotatable bonds is 14. The Kier molecular flexibility index (Phi) is 11.5. The minimum atomic E-state index is -0.902. The lowest BCUT2D eigenvalue weighted by molar-refractivity contribution is -0.132. The van der Waals surface area contributed by atoms with Crippen LogP contribution in [0, 0.1) is 11.6 Å². The topological polar surface area (TPSA) is 80.3 Å². The van der Waals surface area contributed by atoms with Crippen LogP contribution in [0.3, 0.4) is 0 Å². The van der Waals surface area contributed by atoms with Gasteiger partial charge in [0, 0.05) is 37.7 Å². The van der Waals surface area contributed by atoms with E-state index in [0.717, 1.165) is 22.6 Å². The summed E-state index contributed by atoms with van der Waals surface area (Å²) in [5, 5.41) is 4.38. The van der Waals surface area contributed by atoms with Gasteiger partial charge in [0.25, 0.3) is 0 Å². The molecule has 0 unspecified atom stereocenters. The van der Waals surface area contributed by atoms with Crippen LogP contribution in [0.1, 0.15) is 16.9 Å². The first-order valence-corrected chi connectivity index (χ1v) is 13.2. The molecule has 0 saturated heterocycles. The van der Waals surface area contributed by atoms with Crippen LogP contribution in [0.25, 0.3) is 0 Å². The molecule has 0 aliphatic carbocycles. The van der Waals surface area contributed by atoms with Crippen molar-refractivity contribution in [2.75, 3.05) is 52.9 Å². The largest absolute Gasteiger partial charge is 0.493 e. The van der Waals surface area contributed by atoms with E-state index in [0.29, 0.717) is 50.1 Å². The van der Waals surface area contributed by atoms with Gasteiger partial charge >= 0.3 is 6.03 Å². The number of hydrogen-bond donors (Lipinski definition) is 1. The maximum Gasteiger partial charge on any atom is 0.322 e. The van der Waals surface area contributed by atoms with Crippen molar-refractivity contribution in [1.29, 1.82) is 0 Å². The third kappa shape index (κ3) is 8.93. The number of carbonyl (C=O) groups excluding carboxylic acids is 2. The molecule has 0 fully saturated rings. The summed E-state index contributed by atoms with van der Waals surface area (Å²) >= 11 is 1.54. The van der Waals surface area contributed by atoms with Crippen molar-refractivity contribution >= 4 is 29.0 Å². The van der Waals surface area contributed by atoms with E-state index in [1.165, 1.54) is 16.2 Å². The minimum Gasteiger partial charge on any atom is -0.493 e. The molecule has 0 radical (unpaired) electrons. The molecule has 3 amide bonds. The van der Waals surface area contributed by atoms with Gasteiger partial charge in [-0.05, 0) is 54.1 Å². The van der Waals surface area contributed by atoms with Crippen LogP contribution in [0.5, 0.6) is 11.5 Å². The van der Waals surface area contributed by atoms with Gasteiger partial charge in [-0.3, -0.25) is 4.79 Å². The molecule has 0 spiro atoms. The normalized spacial score (nSPS) is 10.7. The van der Waals surface area contributed by atoms with Crippen molar-refractivity contribution in [2.24, 2.45) is 0 Å². The predicted octanol–water partition coefficient (Wildman–Crippen LogP) is 5.19. The summed E-state index contributed by atoms with van der Waals surface area (Å²) in [6.45, 7) is 1.13. The molecule has 11 heteroatoms. The predicted molar refractivity (Wildman–Crippen MR) is 146 cm³/mol. The third-order valence-corrected chi connectivity index (χ3v) is 6.82. The van der Waals surface area contributed by atoms with E-state index in [-0.39, 0.29) is 24.7 Å². The van der Waals surface area contributed by atoms with E-state index < -0.39 is 17.7 Å². The maximum atomic E-state index is 14.2. The quantitative estimate of drug-likeness (QED) is 0.274. The Morgan fingerprint density at radius 3 is 2.41 bits per heavy atom. The van der Waals surface area contributed by atoms with Crippen molar-refractivity contribution < 1.29 is 32.6 Å². The lowest BCUT2D eigenvalue weighted by atomic mass is 10.1. The fourth-order valence-electron chi connectivity index (χ4n) is 3.88. The number of nitrogens with one attached hydrogen (secondary N) is 1. The Morgan fingerprint density at radius 1 is 0.949 bits per heavy atom. The van der Waals surface area contributed by atoms with Gasteiger partial charge in [-0.15, -0.1) is 11.3 Å². The summed E-state index contributed by atoms with van der Waals surface area (Å²) in [4.78, 5) is 30.6. The number of carbonyl (C=O) groups is 2. The van der Waals surface area contributed by atoms with Crippen LogP contribution in [-0.4, -0.2) is 69.3 Å². The van der Waals surface area contributed by atoms with Crippen LogP contribution in [-0.2, 0) is 22.5 Å². The van der Waals surface area contributed by atoms with Gasteiger partial charge in [-0.25, -0.2) is 13.6 Å². The molecule has 39 heavy (non-hydrogen) atoms. The number of hydrogen-bond acceptors (Lipinski definition) is 6. The Labute approximate surface area is 231 Å². The maximum absolute atomic E-state index is 14.2. The summed E-state index contributed by atoms with van der Waals surface area (Å²) < 4.78 is 43.3. The van der Waals surface area contributed by atoms with Crippen LogP contribution in [0.15, 0.2) is 53.9 Å². The van der Waals surface area contributed by atoms with Gasteiger partial charge < -0.3 is 29.3 Å². The van der Waals surface area contributed by atoms with Gasteiger partial charge in [-0.2, -0.15) is 0 Å². The van der Waals surface area contributed by atoms with Crippen LogP contribution in [0.4, 0.5) is 19.3 Å². The first-order valence-electron chi connectivity index (χ1n) is 12.4. The first-order chi connectivity index (χ1) is 18.8. The Hall–Kier alpha value is -3.70. The molecule has 0 saturated carbocycles. The number of thiophene rings is 1. The SMILES string of the molecule is COCCCN(CC(=O)N(CCc1ccc(OC)c(OC)c1)Cc1cccs1)C(=O)Nc1ccc(F)cc1F. The highest BCUT2D eigenvalue weighted by Gasteiger charge is 2.23. The number of methoxy groups -OCH3 is 3. The molecule has 0 bridgehead atoms. The lowest BCUT2D eigenvalue weighted by Gasteiger charge is -2.28. The molecule has 0 aliphatic heterocycles. The molecular formula is C28H33F2N3O5S. The van der Waals surface area contributed by atoms with Crippen molar-refractivity contribution in [3.63, 3.8) is 0 Å². The first kappa shape index (κ1) is 29.9. The van der Waals surface area contributed by atoms with Gasteiger partial charge in [-0.1, -0.05) is 12.1 Å². The standard InChI is InChI=1S/C28H33F2N3O5S/c1-36-14-5-12-33(28(35)31-24-9-8-21(29)17-23(24)30)19-27(34)32(18-22-6-4-15-39-22)13-11-20-7-10-25(37-2)26(16-20)38-3/h4,6-10,15-17H,5,11-14,18-19H2,1-3H3,(H,31,35). The molecule has 3 rings (SSSR count). The van der Waals surface area contributed by atoms with Gasteiger partial charge in [0.05, 0.1) is 26.5 Å². The number of nitrogens with zero attached hydrogens (tertiary/aromatic N) is 2. The summed E-state index contributed by atoms with van der Waals surface area (Å²) in [7, 11) is 4.67. The second-order valence-corrected chi connectivity index (χ2v) is 9.69. The van der Waals surface area contributed by atoms with E-state index >= 15 is 0 Å². The monoisotopic (exact) mass is 561 g/mol. The van der Waals surface area contributed by atoms with Crippen LogP contribution in [0.2, 0.25) is 0 Å². The number of anilines is 1. The zero-order valence-electron chi connectivity index (χ0n) is 22.2. The number of ether oxygens (including phenoxy) is 3. The number of halogens is 2. The van der Waals surface area contributed by atoms with Gasteiger partial charge in [0.1, 0.15) is 18.2 Å². The molecule has 1 N–H and O–H groups in total.